The number of hydrogen-bond donors (Lipinski definition) is 4. The molecule has 4 aromatic rings. The lowest BCUT2D eigenvalue weighted by Gasteiger charge is -2.17. The summed E-state index contributed by atoms with van der Waals surface area (Å²) in [6.07, 6.45) is 1.88. The zero-order valence-electron chi connectivity index (χ0n) is 23.6. The molecule has 0 heterocycles. The Balaban J connectivity index is 1.53. The van der Waals surface area contributed by atoms with Crippen LogP contribution < -0.4 is 16.0 Å². The minimum Gasteiger partial charge on any atom is -0.478 e. The van der Waals surface area contributed by atoms with Gasteiger partial charge in [-0.25, -0.2) is 4.79 Å². The second-order valence-corrected chi connectivity index (χ2v) is 12.0. The average molecular weight is 683 g/mol. The molecule has 0 bridgehead atoms. The summed E-state index contributed by atoms with van der Waals surface area (Å²) in [6, 6.07) is 24.3. The van der Waals surface area contributed by atoms with Crippen LogP contribution in [0.5, 0.6) is 0 Å². The van der Waals surface area contributed by atoms with Crippen LogP contribution in [0.4, 0.5) is 11.4 Å². The van der Waals surface area contributed by atoms with Gasteiger partial charge in [0.15, 0.2) is 0 Å². The van der Waals surface area contributed by atoms with E-state index in [1.165, 1.54) is 36.0 Å². The fraction of sp³-hybridized carbons (Fsp3) is 0.0909. The van der Waals surface area contributed by atoms with E-state index in [1.807, 2.05) is 6.92 Å². The topological polar surface area (TPSA) is 125 Å². The largest absolute Gasteiger partial charge is 0.478 e. The van der Waals surface area contributed by atoms with Crippen LogP contribution in [0.15, 0.2) is 102 Å². The minimum atomic E-state index is -1.14. The van der Waals surface area contributed by atoms with Crippen molar-refractivity contribution in [3.63, 3.8) is 0 Å². The third-order valence-corrected chi connectivity index (χ3v) is 8.84. The summed E-state index contributed by atoms with van der Waals surface area (Å²) >= 11 is 20.0. The third kappa shape index (κ3) is 9.12. The Hall–Kier alpha value is -4.28. The third-order valence-electron chi connectivity index (χ3n) is 6.31. The predicted octanol–water partition coefficient (Wildman–Crippen LogP) is 8.26. The molecule has 4 rings (SSSR count). The summed E-state index contributed by atoms with van der Waals surface area (Å²) in [7, 11) is 0. The maximum atomic E-state index is 13.5. The molecule has 4 N–H and O–H groups in total. The van der Waals surface area contributed by atoms with E-state index < -0.39 is 23.0 Å². The second-order valence-electron chi connectivity index (χ2n) is 9.51. The number of anilines is 2. The normalized spacial score (nSPS) is 11.8. The van der Waals surface area contributed by atoms with Gasteiger partial charge in [0, 0.05) is 16.1 Å². The number of carboxylic acid groups (broad SMARTS) is 1. The van der Waals surface area contributed by atoms with Gasteiger partial charge in [-0.3, -0.25) is 14.4 Å². The first-order chi connectivity index (χ1) is 21.5. The molecule has 0 spiro atoms. The lowest BCUT2D eigenvalue weighted by Crippen LogP contribution is -2.30. The van der Waals surface area contributed by atoms with Crippen LogP contribution in [0.25, 0.3) is 6.08 Å². The number of hydrogen-bond acceptors (Lipinski definition) is 5. The molecule has 0 aromatic heterocycles. The Bertz CT molecular complexity index is 1780. The molecule has 8 nitrogen and oxygen atoms in total. The number of carbonyl (C=O) groups is 4. The average Bonchev–Trinajstić information content (AvgIpc) is 3.03. The Morgan fingerprint density at radius 3 is 2.27 bits per heavy atom. The number of benzene rings is 4. The fourth-order valence-electron chi connectivity index (χ4n) is 4.03. The first-order valence-electron chi connectivity index (χ1n) is 13.5. The second kappa shape index (κ2) is 15.6. The van der Waals surface area contributed by atoms with Gasteiger partial charge in [-0.1, -0.05) is 78.1 Å². The van der Waals surface area contributed by atoms with Crippen LogP contribution >= 0.6 is 46.6 Å². The molecule has 4 aromatic carbocycles. The zero-order valence-corrected chi connectivity index (χ0v) is 26.7. The molecule has 0 radical (unpaired) electrons. The Morgan fingerprint density at radius 2 is 1.56 bits per heavy atom. The molecule has 1 unspecified atom stereocenters. The van der Waals surface area contributed by atoms with E-state index in [2.05, 4.69) is 16.0 Å². The SMILES string of the molecule is CCC(Sc1cccc(NC(=O)/C(=C\c2cccc(Cl)c2Cl)NC(=O)c2ccccc2)c1)C(=O)Nc1cc(C(=O)O)ccc1Cl. The maximum absolute atomic E-state index is 13.5. The monoisotopic (exact) mass is 681 g/mol. The highest BCUT2D eigenvalue weighted by Crippen LogP contribution is 2.31. The van der Waals surface area contributed by atoms with E-state index >= 15 is 0 Å². The number of carboxylic acids is 1. The summed E-state index contributed by atoms with van der Waals surface area (Å²) in [5.74, 6) is -2.62. The van der Waals surface area contributed by atoms with Crippen molar-refractivity contribution in [3.05, 3.63) is 128 Å². The highest BCUT2D eigenvalue weighted by Gasteiger charge is 2.21. The number of halogens is 3. The van der Waals surface area contributed by atoms with Gasteiger partial charge in [-0.05, 0) is 72.7 Å². The van der Waals surface area contributed by atoms with Crippen LogP contribution in [0, 0.1) is 0 Å². The smallest absolute Gasteiger partial charge is 0.335 e. The lowest BCUT2D eigenvalue weighted by molar-refractivity contribution is -0.116. The highest BCUT2D eigenvalue weighted by molar-refractivity contribution is 8.00. The molecule has 45 heavy (non-hydrogen) atoms. The molecule has 0 saturated heterocycles. The molecule has 0 saturated carbocycles. The van der Waals surface area contributed by atoms with E-state index in [1.54, 1.807) is 72.8 Å². The molecule has 0 aliphatic rings. The van der Waals surface area contributed by atoms with Crippen LogP contribution in [0.1, 0.15) is 39.6 Å². The number of nitrogens with one attached hydrogen (secondary N) is 3. The fourth-order valence-corrected chi connectivity index (χ4v) is 5.57. The van der Waals surface area contributed by atoms with E-state index in [9.17, 15) is 24.3 Å². The molecule has 3 amide bonds. The summed E-state index contributed by atoms with van der Waals surface area (Å²) < 4.78 is 0. The number of thioether (sulfide) groups is 1. The molecule has 230 valence electrons. The van der Waals surface area contributed by atoms with Crippen molar-refractivity contribution >= 4 is 87.7 Å². The van der Waals surface area contributed by atoms with Crippen molar-refractivity contribution in [2.45, 2.75) is 23.5 Å². The van der Waals surface area contributed by atoms with E-state index in [-0.39, 0.29) is 37.9 Å². The van der Waals surface area contributed by atoms with Gasteiger partial charge in [0.1, 0.15) is 5.70 Å². The van der Waals surface area contributed by atoms with Gasteiger partial charge < -0.3 is 21.1 Å². The number of carbonyl (C=O) groups excluding carboxylic acids is 3. The highest BCUT2D eigenvalue weighted by atomic mass is 35.5. The molecular formula is C33H26Cl3N3O5S. The molecular weight excluding hydrogens is 657 g/mol. The van der Waals surface area contributed by atoms with Gasteiger partial charge >= 0.3 is 5.97 Å². The Kier molecular flexibility index (Phi) is 11.7. The number of aromatic carboxylic acids is 1. The van der Waals surface area contributed by atoms with Crippen molar-refractivity contribution < 1.29 is 24.3 Å². The van der Waals surface area contributed by atoms with Crippen LogP contribution in [-0.2, 0) is 9.59 Å². The first kappa shape index (κ1) is 33.6. The van der Waals surface area contributed by atoms with Crippen molar-refractivity contribution in [3.8, 4) is 0 Å². The van der Waals surface area contributed by atoms with Crippen LogP contribution in [-0.4, -0.2) is 34.0 Å². The van der Waals surface area contributed by atoms with E-state index in [0.29, 0.717) is 28.1 Å². The predicted molar refractivity (Wildman–Crippen MR) is 180 cm³/mol. The molecule has 1 atom stereocenters. The number of amides is 3. The van der Waals surface area contributed by atoms with Crippen LogP contribution in [0.3, 0.4) is 0 Å². The lowest BCUT2D eigenvalue weighted by atomic mass is 10.1. The van der Waals surface area contributed by atoms with Gasteiger partial charge in [0.2, 0.25) is 5.91 Å². The van der Waals surface area contributed by atoms with Crippen LogP contribution in [0.2, 0.25) is 15.1 Å². The van der Waals surface area contributed by atoms with E-state index in [0.717, 1.165) is 0 Å². The van der Waals surface area contributed by atoms with Crippen molar-refractivity contribution in [1.29, 1.82) is 0 Å². The van der Waals surface area contributed by atoms with Crippen molar-refractivity contribution in [2.24, 2.45) is 0 Å². The maximum Gasteiger partial charge on any atom is 0.335 e. The standard InChI is InChI=1S/C33H26Cl3N3O5S/c1-2-28(32(42)38-26-17-21(33(43)44)14-15-24(26)34)45-23-12-7-11-22(18-23)37-31(41)27(16-20-10-6-13-25(35)29(20)36)39-30(40)19-8-4-3-5-9-19/h3-18,28H,2H2,1H3,(H,37,41)(H,38,42)(H,39,40)(H,43,44)/b27-16+. The molecule has 0 aliphatic carbocycles. The van der Waals surface area contributed by atoms with Crippen molar-refractivity contribution in [2.75, 3.05) is 10.6 Å². The number of rotatable bonds is 11. The summed E-state index contributed by atoms with van der Waals surface area (Å²) in [5.41, 5.74) is 1.31. The van der Waals surface area contributed by atoms with Gasteiger partial charge in [-0.2, -0.15) is 0 Å². The molecule has 12 heteroatoms. The summed E-state index contributed by atoms with van der Waals surface area (Å²) in [6.45, 7) is 1.84. The first-order valence-corrected chi connectivity index (χ1v) is 15.5. The minimum absolute atomic E-state index is 0.00939. The van der Waals surface area contributed by atoms with Gasteiger partial charge in [0.25, 0.3) is 11.8 Å². The quantitative estimate of drug-likeness (QED) is 0.0933. The summed E-state index contributed by atoms with van der Waals surface area (Å²) in [5, 5.41) is 17.6. The van der Waals surface area contributed by atoms with E-state index in [4.69, 9.17) is 34.8 Å². The zero-order chi connectivity index (χ0) is 32.5. The molecule has 0 aliphatic heterocycles. The van der Waals surface area contributed by atoms with Gasteiger partial charge in [0.05, 0.1) is 31.6 Å². The Morgan fingerprint density at radius 1 is 0.822 bits per heavy atom. The Labute approximate surface area is 278 Å². The summed E-state index contributed by atoms with van der Waals surface area (Å²) in [4.78, 5) is 51.6. The van der Waals surface area contributed by atoms with Crippen molar-refractivity contribution in [1.82, 2.24) is 5.32 Å². The molecule has 0 fully saturated rings. The van der Waals surface area contributed by atoms with Gasteiger partial charge in [-0.15, -0.1) is 11.8 Å².